The van der Waals surface area contributed by atoms with Crippen molar-refractivity contribution >= 4 is 18.3 Å². The molecule has 1 saturated heterocycles. The summed E-state index contributed by atoms with van der Waals surface area (Å²) in [5.41, 5.74) is 0.323. The third kappa shape index (κ3) is 3.71. The van der Waals surface area contributed by atoms with Crippen LogP contribution in [-0.2, 0) is 4.79 Å². The molecule has 2 aliphatic rings. The monoisotopic (exact) mass is 316 g/mol. The summed E-state index contributed by atoms with van der Waals surface area (Å²) in [6.45, 7) is 1.62. The van der Waals surface area contributed by atoms with Crippen molar-refractivity contribution in [2.24, 2.45) is 5.92 Å². The topological polar surface area (TPSA) is 41.1 Å². The van der Waals surface area contributed by atoms with Crippen LogP contribution in [-0.4, -0.2) is 25.0 Å². The Morgan fingerprint density at radius 3 is 2.90 bits per heavy atom. The van der Waals surface area contributed by atoms with Gasteiger partial charge in [-0.25, -0.2) is 8.78 Å². The molecule has 116 valence electrons. The molecule has 0 radical (unpaired) electrons. The van der Waals surface area contributed by atoms with Crippen molar-refractivity contribution in [3.8, 4) is 0 Å². The van der Waals surface area contributed by atoms with Gasteiger partial charge in [-0.3, -0.25) is 4.79 Å². The second-order valence-corrected chi connectivity index (χ2v) is 5.65. The number of halogens is 3. The van der Waals surface area contributed by atoms with Crippen LogP contribution in [0.1, 0.15) is 30.7 Å². The van der Waals surface area contributed by atoms with E-state index >= 15 is 0 Å². The molecule has 1 aromatic rings. The van der Waals surface area contributed by atoms with E-state index in [1.54, 1.807) is 0 Å². The maximum Gasteiger partial charge on any atom is 0.223 e. The van der Waals surface area contributed by atoms with Gasteiger partial charge in [0.15, 0.2) is 0 Å². The molecule has 6 heteroatoms. The Morgan fingerprint density at radius 2 is 2.19 bits per heavy atom. The molecule has 3 nitrogen and oxygen atoms in total. The number of hydrogen-bond donors (Lipinski definition) is 2. The fourth-order valence-electron chi connectivity index (χ4n) is 2.91. The van der Waals surface area contributed by atoms with E-state index in [0.717, 1.165) is 31.5 Å². The largest absolute Gasteiger partial charge is 0.354 e. The predicted molar refractivity (Wildman–Crippen MR) is 78.5 cm³/mol. The maximum absolute atomic E-state index is 13.6. The standard InChI is InChI=1S/C15H18F2N2O.ClH/c16-9-3-4-14(17)12(6-9)11-7-13(11)15(20)19-8-10-2-1-5-18-10;/h3-4,6,10-11,13,18H,1-2,5,7-8H2,(H,19,20);1H. The van der Waals surface area contributed by atoms with Gasteiger partial charge in [0.1, 0.15) is 11.6 Å². The van der Waals surface area contributed by atoms with Gasteiger partial charge in [-0.15, -0.1) is 12.4 Å². The Bertz CT molecular complexity index is 520. The minimum absolute atomic E-state index is 0. The molecule has 1 amide bonds. The van der Waals surface area contributed by atoms with Gasteiger partial charge >= 0.3 is 0 Å². The second-order valence-electron chi connectivity index (χ2n) is 5.65. The molecule has 1 heterocycles. The van der Waals surface area contributed by atoms with Gasteiger partial charge in [0, 0.05) is 18.5 Å². The predicted octanol–water partition coefficient (Wildman–Crippen LogP) is 2.36. The number of hydrogen-bond acceptors (Lipinski definition) is 2. The van der Waals surface area contributed by atoms with E-state index < -0.39 is 11.6 Å². The maximum atomic E-state index is 13.6. The van der Waals surface area contributed by atoms with E-state index in [0.29, 0.717) is 24.6 Å². The van der Waals surface area contributed by atoms with Crippen molar-refractivity contribution in [3.63, 3.8) is 0 Å². The zero-order valence-electron chi connectivity index (χ0n) is 11.6. The zero-order valence-corrected chi connectivity index (χ0v) is 12.4. The summed E-state index contributed by atoms with van der Waals surface area (Å²) in [4.78, 5) is 12.0. The van der Waals surface area contributed by atoms with Crippen molar-refractivity contribution in [1.29, 1.82) is 0 Å². The Kier molecular flexibility index (Phi) is 5.17. The van der Waals surface area contributed by atoms with Gasteiger partial charge in [-0.2, -0.15) is 0 Å². The fraction of sp³-hybridized carbons (Fsp3) is 0.533. The molecule has 1 aliphatic carbocycles. The van der Waals surface area contributed by atoms with E-state index in [2.05, 4.69) is 10.6 Å². The van der Waals surface area contributed by atoms with E-state index in [4.69, 9.17) is 0 Å². The Morgan fingerprint density at radius 1 is 1.38 bits per heavy atom. The minimum atomic E-state index is -0.456. The van der Waals surface area contributed by atoms with Crippen molar-refractivity contribution in [2.75, 3.05) is 13.1 Å². The van der Waals surface area contributed by atoms with Crippen LogP contribution in [0.4, 0.5) is 8.78 Å². The van der Waals surface area contributed by atoms with Crippen LogP contribution in [0.2, 0.25) is 0 Å². The molecular formula is C15H19ClF2N2O. The molecule has 1 aliphatic heterocycles. The molecule has 0 aromatic heterocycles. The van der Waals surface area contributed by atoms with E-state index in [9.17, 15) is 13.6 Å². The van der Waals surface area contributed by atoms with Gasteiger partial charge in [-0.1, -0.05) is 0 Å². The molecule has 1 aromatic carbocycles. The summed E-state index contributed by atoms with van der Waals surface area (Å²) >= 11 is 0. The molecule has 1 saturated carbocycles. The number of rotatable bonds is 4. The molecule has 3 atom stereocenters. The summed E-state index contributed by atoms with van der Waals surface area (Å²) in [6.07, 6.45) is 2.82. The summed E-state index contributed by atoms with van der Waals surface area (Å²) in [7, 11) is 0. The average Bonchev–Trinajstić information content (AvgIpc) is 3.06. The zero-order chi connectivity index (χ0) is 14.1. The molecular weight excluding hydrogens is 298 g/mol. The van der Waals surface area contributed by atoms with Crippen LogP contribution in [0.5, 0.6) is 0 Å². The first kappa shape index (κ1) is 16.2. The Labute approximate surface area is 128 Å². The number of carbonyl (C=O) groups excluding carboxylic acids is 1. The lowest BCUT2D eigenvalue weighted by atomic mass is 10.1. The molecule has 0 bridgehead atoms. The molecule has 21 heavy (non-hydrogen) atoms. The van der Waals surface area contributed by atoms with Crippen molar-refractivity contribution in [1.82, 2.24) is 10.6 Å². The quantitative estimate of drug-likeness (QED) is 0.895. The molecule has 2 fully saturated rings. The first-order chi connectivity index (χ1) is 9.65. The summed E-state index contributed by atoms with van der Waals surface area (Å²) in [5.74, 6) is -1.32. The first-order valence-corrected chi connectivity index (χ1v) is 7.11. The van der Waals surface area contributed by atoms with Gasteiger partial charge in [-0.05, 0) is 55.5 Å². The van der Waals surface area contributed by atoms with Crippen LogP contribution < -0.4 is 10.6 Å². The highest BCUT2D eigenvalue weighted by atomic mass is 35.5. The highest BCUT2D eigenvalue weighted by Gasteiger charge is 2.45. The number of benzene rings is 1. The summed E-state index contributed by atoms with van der Waals surface area (Å²) < 4.78 is 26.8. The average molecular weight is 317 g/mol. The highest BCUT2D eigenvalue weighted by molar-refractivity contribution is 5.85. The number of nitrogens with one attached hydrogen (secondary N) is 2. The first-order valence-electron chi connectivity index (χ1n) is 7.11. The fourth-order valence-corrected chi connectivity index (χ4v) is 2.91. The molecule has 3 rings (SSSR count). The smallest absolute Gasteiger partial charge is 0.223 e. The third-order valence-electron chi connectivity index (χ3n) is 4.17. The lowest BCUT2D eigenvalue weighted by Crippen LogP contribution is -2.38. The van der Waals surface area contributed by atoms with E-state index in [1.165, 1.54) is 6.07 Å². The SMILES string of the molecule is Cl.O=C(NCC1CCCN1)C1CC1c1cc(F)ccc1F. The Balaban J connectivity index is 0.00000161. The minimum Gasteiger partial charge on any atom is -0.354 e. The van der Waals surface area contributed by atoms with Gasteiger partial charge in [0.05, 0.1) is 0 Å². The van der Waals surface area contributed by atoms with Crippen LogP contribution in [0.15, 0.2) is 18.2 Å². The van der Waals surface area contributed by atoms with Crippen molar-refractivity contribution < 1.29 is 13.6 Å². The van der Waals surface area contributed by atoms with Crippen molar-refractivity contribution in [2.45, 2.75) is 31.2 Å². The van der Waals surface area contributed by atoms with E-state index in [-0.39, 0.29) is 30.2 Å². The van der Waals surface area contributed by atoms with E-state index in [1.807, 2.05) is 0 Å². The normalized spacial score (nSPS) is 27.0. The summed E-state index contributed by atoms with van der Waals surface area (Å²) in [5, 5.41) is 6.21. The third-order valence-corrected chi connectivity index (χ3v) is 4.17. The van der Waals surface area contributed by atoms with Gasteiger partial charge in [0.25, 0.3) is 0 Å². The highest BCUT2D eigenvalue weighted by Crippen LogP contribution is 2.48. The molecule has 0 spiro atoms. The molecule has 3 unspecified atom stereocenters. The number of carbonyl (C=O) groups is 1. The molecule has 2 N–H and O–H groups in total. The summed E-state index contributed by atoms with van der Waals surface area (Å²) in [6, 6.07) is 3.77. The van der Waals surface area contributed by atoms with Crippen molar-refractivity contribution in [3.05, 3.63) is 35.4 Å². The van der Waals surface area contributed by atoms with Crippen LogP contribution in [0, 0.1) is 17.6 Å². The van der Waals surface area contributed by atoms with Crippen LogP contribution in [0.25, 0.3) is 0 Å². The number of amides is 1. The van der Waals surface area contributed by atoms with Crippen LogP contribution >= 0.6 is 12.4 Å². The second kappa shape index (κ2) is 6.71. The Hall–Kier alpha value is -1.20. The lowest BCUT2D eigenvalue weighted by molar-refractivity contribution is -0.122. The lowest BCUT2D eigenvalue weighted by Gasteiger charge is -2.11. The van der Waals surface area contributed by atoms with Gasteiger partial charge in [0.2, 0.25) is 5.91 Å². The van der Waals surface area contributed by atoms with Crippen LogP contribution in [0.3, 0.4) is 0 Å². The van der Waals surface area contributed by atoms with Gasteiger partial charge < -0.3 is 10.6 Å².